The summed E-state index contributed by atoms with van der Waals surface area (Å²) in [5.41, 5.74) is 1.47. The molecule has 0 aliphatic carbocycles. The molecule has 0 bridgehead atoms. The molecule has 120 valence electrons. The Morgan fingerprint density at radius 2 is 2.23 bits per heavy atom. The number of rotatable bonds is 4. The van der Waals surface area contributed by atoms with Crippen molar-refractivity contribution in [2.24, 2.45) is 0 Å². The number of aliphatic hydroxyl groups is 2. The fraction of sp³-hybridized carbons (Fsp3) is 0.533. The molecule has 22 heavy (non-hydrogen) atoms. The topological polar surface area (TPSA) is 70.3 Å². The molecule has 1 saturated heterocycles. The predicted octanol–water partition coefficient (Wildman–Crippen LogP) is 2.21. The van der Waals surface area contributed by atoms with Crippen LogP contribution >= 0.6 is 23.2 Å². The number of nitrogens with one attached hydrogen (secondary N) is 1. The molecule has 2 heterocycles. The van der Waals surface area contributed by atoms with Crippen LogP contribution in [-0.2, 0) is 6.54 Å². The molecule has 1 fully saturated rings. The lowest BCUT2D eigenvalue weighted by atomic mass is 9.96. The number of aromatic nitrogens is 2. The first kappa shape index (κ1) is 16.0. The number of benzene rings is 1. The van der Waals surface area contributed by atoms with Crippen LogP contribution in [0.25, 0.3) is 11.0 Å². The summed E-state index contributed by atoms with van der Waals surface area (Å²) in [6.45, 7) is 1.29. The second-order valence-corrected chi connectivity index (χ2v) is 6.57. The third-order valence-corrected chi connectivity index (χ3v) is 4.96. The van der Waals surface area contributed by atoms with Gasteiger partial charge in [0.1, 0.15) is 5.52 Å². The van der Waals surface area contributed by atoms with E-state index in [-0.39, 0.29) is 6.04 Å². The summed E-state index contributed by atoms with van der Waals surface area (Å²) in [7, 11) is 0. The van der Waals surface area contributed by atoms with Crippen molar-refractivity contribution in [1.29, 1.82) is 0 Å². The molecule has 1 aromatic heterocycles. The molecular formula is C15H19Cl2N3O2. The first-order valence-corrected chi connectivity index (χ1v) is 8.20. The number of fused-ring (bicyclic) bond motifs is 1. The summed E-state index contributed by atoms with van der Waals surface area (Å²) >= 11 is 12.1. The Labute approximate surface area is 138 Å². The van der Waals surface area contributed by atoms with Gasteiger partial charge < -0.3 is 20.1 Å². The van der Waals surface area contributed by atoms with E-state index in [1.54, 1.807) is 12.4 Å². The van der Waals surface area contributed by atoms with Gasteiger partial charge in [-0.1, -0.05) is 23.2 Å². The second-order valence-electron chi connectivity index (χ2n) is 5.79. The number of nitrogens with zero attached hydrogens (tertiary/aromatic N) is 2. The minimum absolute atomic E-state index is 0.0587. The zero-order valence-electron chi connectivity index (χ0n) is 12.0. The molecule has 1 aliphatic rings. The number of hydrogen-bond donors (Lipinski definition) is 3. The molecule has 1 aromatic carbocycles. The molecule has 1 unspecified atom stereocenters. The summed E-state index contributed by atoms with van der Waals surface area (Å²) in [5, 5.41) is 24.4. The quantitative estimate of drug-likeness (QED) is 0.795. The third kappa shape index (κ3) is 3.24. The number of aliphatic hydroxyl groups excluding tert-OH is 2. The van der Waals surface area contributed by atoms with Crippen molar-refractivity contribution in [2.45, 2.75) is 44.1 Å². The van der Waals surface area contributed by atoms with E-state index < -0.39 is 12.2 Å². The van der Waals surface area contributed by atoms with Crippen LogP contribution < -0.4 is 5.32 Å². The number of imidazole rings is 1. The molecule has 0 radical (unpaired) electrons. The lowest BCUT2D eigenvalue weighted by molar-refractivity contribution is 0.0547. The Hall–Kier alpha value is -0.850. The standard InChI is InChI=1S/C15H19Cl2N3O2/c16-10-3-4-12-15(14(10)17)19-8-20(12)7-9(21)6-11-13(22)2-1-5-18-11/h3-4,8-9,11,13,18,21-22H,1-2,5-7H2/t9?,11-,13+/m1/s1. The summed E-state index contributed by atoms with van der Waals surface area (Å²) in [6, 6.07) is 3.51. The summed E-state index contributed by atoms with van der Waals surface area (Å²) < 4.78 is 1.86. The molecule has 0 saturated carbocycles. The van der Waals surface area contributed by atoms with E-state index in [2.05, 4.69) is 10.3 Å². The number of hydrogen-bond acceptors (Lipinski definition) is 4. The highest BCUT2D eigenvalue weighted by Gasteiger charge is 2.25. The van der Waals surface area contributed by atoms with E-state index in [0.717, 1.165) is 24.9 Å². The fourth-order valence-electron chi connectivity index (χ4n) is 2.99. The highest BCUT2D eigenvalue weighted by molar-refractivity contribution is 6.44. The Balaban J connectivity index is 1.71. The van der Waals surface area contributed by atoms with Crippen molar-refractivity contribution in [2.75, 3.05) is 6.54 Å². The summed E-state index contributed by atoms with van der Waals surface area (Å²) in [4.78, 5) is 4.26. The zero-order valence-corrected chi connectivity index (χ0v) is 13.6. The molecule has 3 N–H and O–H groups in total. The normalized spacial score (nSPS) is 23.8. The van der Waals surface area contributed by atoms with Crippen molar-refractivity contribution in [3.8, 4) is 0 Å². The van der Waals surface area contributed by atoms with Crippen LogP contribution in [0.1, 0.15) is 19.3 Å². The Bertz CT molecular complexity index is 662. The van der Waals surface area contributed by atoms with Crippen molar-refractivity contribution in [3.63, 3.8) is 0 Å². The van der Waals surface area contributed by atoms with Crippen LogP contribution in [0.2, 0.25) is 10.0 Å². The van der Waals surface area contributed by atoms with Gasteiger partial charge in [-0.2, -0.15) is 0 Å². The maximum absolute atomic E-state index is 10.3. The molecule has 7 heteroatoms. The van der Waals surface area contributed by atoms with Crippen LogP contribution in [0.3, 0.4) is 0 Å². The molecule has 3 atom stereocenters. The van der Waals surface area contributed by atoms with Gasteiger partial charge in [0.05, 0.1) is 40.6 Å². The highest BCUT2D eigenvalue weighted by atomic mass is 35.5. The van der Waals surface area contributed by atoms with Crippen LogP contribution in [0.5, 0.6) is 0 Å². The first-order valence-electron chi connectivity index (χ1n) is 7.44. The van der Waals surface area contributed by atoms with Gasteiger partial charge >= 0.3 is 0 Å². The Morgan fingerprint density at radius 1 is 1.41 bits per heavy atom. The lowest BCUT2D eigenvalue weighted by Crippen LogP contribution is -2.46. The zero-order chi connectivity index (χ0) is 15.7. The highest BCUT2D eigenvalue weighted by Crippen LogP contribution is 2.29. The first-order chi connectivity index (χ1) is 10.6. The average molecular weight is 344 g/mol. The van der Waals surface area contributed by atoms with Gasteiger partial charge in [-0.15, -0.1) is 0 Å². The molecule has 2 aromatic rings. The molecule has 0 amide bonds. The summed E-state index contributed by atoms with van der Waals surface area (Å²) in [5.74, 6) is 0. The smallest absolute Gasteiger partial charge is 0.109 e. The van der Waals surface area contributed by atoms with Gasteiger partial charge in [0.2, 0.25) is 0 Å². The number of halogens is 2. The van der Waals surface area contributed by atoms with Crippen LogP contribution in [0.15, 0.2) is 18.5 Å². The van der Waals surface area contributed by atoms with Crippen molar-refractivity contribution < 1.29 is 10.2 Å². The summed E-state index contributed by atoms with van der Waals surface area (Å²) in [6.07, 6.45) is 2.95. The predicted molar refractivity (Wildman–Crippen MR) is 87.4 cm³/mol. The molecule has 3 rings (SSSR count). The Morgan fingerprint density at radius 3 is 3.00 bits per heavy atom. The van der Waals surface area contributed by atoms with E-state index in [1.807, 2.05) is 10.6 Å². The molecular weight excluding hydrogens is 325 g/mol. The largest absolute Gasteiger partial charge is 0.392 e. The average Bonchev–Trinajstić information content (AvgIpc) is 2.89. The van der Waals surface area contributed by atoms with Crippen LogP contribution in [0.4, 0.5) is 0 Å². The van der Waals surface area contributed by atoms with Crippen molar-refractivity contribution >= 4 is 34.2 Å². The van der Waals surface area contributed by atoms with Crippen LogP contribution in [0, 0.1) is 0 Å². The minimum atomic E-state index is -0.572. The molecule has 0 spiro atoms. The second kappa shape index (κ2) is 6.72. The van der Waals surface area contributed by atoms with E-state index in [0.29, 0.717) is 28.5 Å². The van der Waals surface area contributed by atoms with Gasteiger partial charge in [0.15, 0.2) is 0 Å². The van der Waals surface area contributed by atoms with Crippen LogP contribution in [-0.4, -0.2) is 44.6 Å². The van der Waals surface area contributed by atoms with Gasteiger partial charge in [-0.3, -0.25) is 0 Å². The van der Waals surface area contributed by atoms with Gasteiger partial charge in [-0.05, 0) is 37.9 Å². The van der Waals surface area contributed by atoms with Crippen molar-refractivity contribution in [3.05, 3.63) is 28.5 Å². The number of piperidine rings is 1. The lowest BCUT2D eigenvalue weighted by Gasteiger charge is -2.30. The van der Waals surface area contributed by atoms with E-state index >= 15 is 0 Å². The van der Waals surface area contributed by atoms with E-state index in [4.69, 9.17) is 23.2 Å². The van der Waals surface area contributed by atoms with Crippen molar-refractivity contribution in [1.82, 2.24) is 14.9 Å². The van der Waals surface area contributed by atoms with E-state index in [9.17, 15) is 10.2 Å². The van der Waals surface area contributed by atoms with Gasteiger partial charge in [0, 0.05) is 6.04 Å². The Kier molecular flexibility index (Phi) is 4.90. The minimum Gasteiger partial charge on any atom is -0.392 e. The molecule has 5 nitrogen and oxygen atoms in total. The molecule has 1 aliphatic heterocycles. The SMILES string of the molecule is OC(C[C@H]1NCCC[C@@H]1O)Cn1cnc2c(Cl)c(Cl)ccc21. The monoisotopic (exact) mass is 343 g/mol. The van der Waals surface area contributed by atoms with Gasteiger partial charge in [0.25, 0.3) is 0 Å². The van der Waals surface area contributed by atoms with E-state index in [1.165, 1.54) is 0 Å². The maximum Gasteiger partial charge on any atom is 0.109 e. The fourth-order valence-corrected chi connectivity index (χ4v) is 3.35. The third-order valence-electron chi connectivity index (χ3n) is 4.16. The maximum atomic E-state index is 10.3. The van der Waals surface area contributed by atoms with Gasteiger partial charge in [-0.25, -0.2) is 4.98 Å².